The third-order valence-corrected chi connectivity index (χ3v) is 8.96. The van der Waals surface area contributed by atoms with E-state index in [1.807, 2.05) is 79.4 Å². The average Bonchev–Trinajstić information content (AvgIpc) is 3.18. The van der Waals surface area contributed by atoms with E-state index in [0.29, 0.717) is 54.5 Å². The molecule has 1 aromatic heterocycles. The zero-order valence-electron chi connectivity index (χ0n) is 30.2. The molecular formula is C43H44ClN3O6. The number of ether oxygens (including phenoxy) is 5. The van der Waals surface area contributed by atoms with Gasteiger partial charge in [0.2, 0.25) is 11.8 Å². The SMILES string of the molecule is COc1cc(/C=C/C(=O)N2CCN(Cc3ccc(COc4ccc(OC(C)C)cc4)cc3)CC2)ccc1Oc1ccc(OCc2ccccc2Cl)cn1. The highest BCUT2D eigenvalue weighted by Gasteiger charge is 2.20. The van der Waals surface area contributed by atoms with Crippen LogP contribution in [-0.4, -0.2) is 60.1 Å². The number of hydrogen-bond acceptors (Lipinski definition) is 8. The van der Waals surface area contributed by atoms with Crippen molar-refractivity contribution in [3.05, 3.63) is 143 Å². The Labute approximate surface area is 316 Å². The van der Waals surface area contributed by atoms with Gasteiger partial charge in [0.1, 0.15) is 30.5 Å². The molecule has 53 heavy (non-hydrogen) atoms. The molecule has 0 unspecified atom stereocenters. The molecule has 1 aliphatic heterocycles. The lowest BCUT2D eigenvalue weighted by Crippen LogP contribution is -2.47. The molecule has 1 amide bonds. The zero-order valence-corrected chi connectivity index (χ0v) is 31.0. The van der Waals surface area contributed by atoms with Crippen molar-refractivity contribution in [1.82, 2.24) is 14.8 Å². The summed E-state index contributed by atoms with van der Waals surface area (Å²) in [6.07, 6.45) is 5.15. The Kier molecular flexibility index (Phi) is 12.9. The summed E-state index contributed by atoms with van der Waals surface area (Å²) in [4.78, 5) is 21.7. The highest BCUT2D eigenvalue weighted by Crippen LogP contribution is 2.32. The monoisotopic (exact) mass is 733 g/mol. The van der Waals surface area contributed by atoms with Crippen LogP contribution in [0.3, 0.4) is 0 Å². The molecule has 6 rings (SSSR count). The van der Waals surface area contributed by atoms with Crippen LogP contribution in [0.1, 0.15) is 36.1 Å². The lowest BCUT2D eigenvalue weighted by atomic mass is 10.1. The van der Waals surface area contributed by atoms with Crippen molar-refractivity contribution in [1.29, 1.82) is 0 Å². The molecule has 0 saturated carbocycles. The van der Waals surface area contributed by atoms with E-state index >= 15 is 0 Å². The highest BCUT2D eigenvalue weighted by molar-refractivity contribution is 6.31. The molecule has 2 heterocycles. The quantitative estimate of drug-likeness (QED) is 0.0988. The Morgan fingerprint density at radius 3 is 2.19 bits per heavy atom. The lowest BCUT2D eigenvalue weighted by molar-refractivity contribution is -0.127. The van der Waals surface area contributed by atoms with Gasteiger partial charge in [-0.3, -0.25) is 9.69 Å². The van der Waals surface area contributed by atoms with Crippen LogP contribution in [0.15, 0.2) is 115 Å². The number of carbonyl (C=O) groups is 1. The summed E-state index contributed by atoms with van der Waals surface area (Å²) in [5.74, 6) is 3.65. The molecule has 0 spiro atoms. The van der Waals surface area contributed by atoms with E-state index in [1.165, 1.54) is 5.56 Å². The second-order valence-corrected chi connectivity index (χ2v) is 13.3. The minimum atomic E-state index is -0.0172. The van der Waals surface area contributed by atoms with Gasteiger partial charge in [0.15, 0.2) is 11.5 Å². The predicted octanol–water partition coefficient (Wildman–Crippen LogP) is 8.84. The van der Waals surface area contributed by atoms with Crippen LogP contribution in [-0.2, 0) is 24.6 Å². The zero-order chi connectivity index (χ0) is 37.0. The Hall–Kier alpha value is -5.51. The third kappa shape index (κ3) is 11.0. The Bertz CT molecular complexity index is 1960. The van der Waals surface area contributed by atoms with Crippen LogP contribution in [0.4, 0.5) is 0 Å². The molecule has 10 heteroatoms. The number of piperazine rings is 1. The molecule has 0 aliphatic carbocycles. The molecule has 0 N–H and O–H groups in total. The van der Waals surface area contributed by atoms with E-state index in [4.69, 9.17) is 35.3 Å². The minimum absolute atomic E-state index is 0.0172. The van der Waals surface area contributed by atoms with Crippen LogP contribution >= 0.6 is 11.6 Å². The third-order valence-electron chi connectivity index (χ3n) is 8.60. The maximum absolute atomic E-state index is 13.1. The fourth-order valence-corrected chi connectivity index (χ4v) is 5.92. The van der Waals surface area contributed by atoms with E-state index in [0.717, 1.165) is 47.8 Å². The number of halogens is 1. The molecule has 1 fully saturated rings. The largest absolute Gasteiger partial charge is 0.493 e. The van der Waals surface area contributed by atoms with Gasteiger partial charge < -0.3 is 28.6 Å². The summed E-state index contributed by atoms with van der Waals surface area (Å²) in [6.45, 7) is 8.64. The lowest BCUT2D eigenvalue weighted by Gasteiger charge is -2.34. The van der Waals surface area contributed by atoms with Crippen molar-refractivity contribution >= 4 is 23.6 Å². The number of aromatic nitrogens is 1. The summed E-state index contributed by atoms with van der Waals surface area (Å²) in [5.41, 5.74) is 4.06. The summed E-state index contributed by atoms with van der Waals surface area (Å²) >= 11 is 6.22. The first-order chi connectivity index (χ1) is 25.8. The number of hydrogen-bond donors (Lipinski definition) is 0. The first-order valence-electron chi connectivity index (χ1n) is 17.7. The molecule has 0 radical (unpaired) electrons. The molecule has 1 aliphatic rings. The van der Waals surface area contributed by atoms with Crippen molar-refractivity contribution in [3.8, 4) is 34.6 Å². The van der Waals surface area contributed by atoms with E-state index in [-0.39, 0.29) is 12.0 Å². The Morgan fingerprint density at radius 2 is 1.49 bits per heavy atom. The maximum atomic E-state index is 13.1. The van der Waals surface area contributed by atoms with Gasteiger partial charge in [-0.05, 0) is 85.1 Å². The fraction of sp³-hybridized carbons (Fsp3) is 0.256. The molecule has 1 saturated heterocycles. The number of nitrogens with zero attached hydrogens (tertiary/aromatic N) is 3. The smallest absolute Gasteiger partial charge is 0.246 e. The van der Waals surface area contributed by atoms with Crippen LogP contribution < -0.4 is 23.7 Å². The maximum Gasteiger partial charge on any atom is 0.246 e. The normalized spacial score (nSPS) is 13.3. The topological polar surface area (TPSA) is 82.6 Å². The van der Waals surface area contributed by atoms with Crippen LogP contribution in [0, 0.1) is 0 Å². The predicted molar refractivity (Wildman–Crippen MR) is 207 cm³/mol. The Balaban J connectivity index is 0.929. The van der Waals surface area contributed by atoms with Crippen LogP contribution in [0.25, 0.3) is 6.08 Å². The number of rotatable bonds is 15. The van der Waals surface area contributed by atoms with Crippen molar-refractivity contribution in [2.75, 3.05) is 33.3 Å². The van der Waals surface area contributed by atoms with E-state index < -0.39 is 0 Å². The average molecular weight is 734 g/mol. The summed E-state index contributed by atoms with van der Waals surface area (Å²) < 4.78 is 29.0. The number of benzene rings is 4. The van der Waals surface area contributed by atoms with Crippen LogP contribution in [0.5, 0.6) is 34.6 Å². The van der Waals surface area contributed by atoms with Gasteiger partial charge in [-0.15, -0.1) is 0 Å². The van der Waals surface area contributed by atoms with Gasteiger partial charge in [-0.2, -0.15) is 0 Å². The summed E-state index contributed by atoms with van der Waals surface area (Å²) in [5, 5.41) is 0.654. The highest BCUT2D eigenvalue weighted by atomic mass is 35.5. The summed E-state index contributed by atoms with van der Waals surface area (Å²) in [6, 6.07) is 32.8. The first kappa shape index (κ1) is 37.3. The van der Waals surface area contributed by atoms with Gasteiger partial charge in [0.05, 0.1) is 19.4 Å². The van der Waals surface area contributed by atoms with Crippen molar-refractivity contribution in [2.45, 2.75) is 39.7 Å². The summed E-state index contributed by atoms with van der Waals surface area (Å²) in [7, 11) is 1.58. The fourth-order valence-electron chi connectivity index (χ4n) is 5.73. The van der Waals surface area contributed by atoms with Gasteiger partial charge in [-0.25, -0.2) is 4.98 Å². The molecule has 274 valence electrons. The molecule has 4 aromatic carbocycles. The number of carbonyl (C=O) groups excluding carboxylic acids is 1. The molecule has 9 nitrogen and oxygen atoms in total. The van der Waals surface area contributed by atoms with Gasteiger partial charge in [0.25, 0.3) is 0 Å². The van der Waals surface area contributed by atoms with E-state index in [9.17, 15) is 4.79 Å². The molecule has 0 atom stereocenters. The van der Waals surface area contributed by atoms with Gasteiger partial charge >= 0.3 is 0 Å². The van der Waals surface area contributed by atoms with Crippen molar-refractivity contribution < 1.29 is 28.5 Å². The first-order valence-corrected chi connectivity index (χ1v) is 18.0. The van der Waals surface area contributed by atoms with E-state index in [1.54, 1.807) is 43.7 Å². The Morgan fingerprint density at radius 1 is 0.792 bits per heavy atom. The minimum Gasteiger partial charge on any atom is -0.493 e. The van der Waals surface area contributed by atoms with Gasteiger partial charge in [-0.1, -0.05) is 60.1 Å². The number of amides is 1. The van der Waals surface area contributed by atoms with Crippen molar-refractivity contribution in [2.24, 2.45) is 0 Å². The second kappa shape index (κ2) is 18.3. The van der Waals surface area contributed by atoms with Crippen LogP contribution in [0.2, 0.25) is 5.02 Å². The second-order valence-electron chi connectivity index (χ2n) is 12.9. The van der Waals surface area contributed by atoms with E-state index in [2.05, 4.69) is 34.1 Å². The van der Waals surface area contributed by atoms with Crippen molar-refractivity contribution in [3.63, 3.8) is 0 Å². The molecular weight excluding hydrogens is 690 g/mol. The standard InChI is InChI=1S/C43H44ClN3O6/c1-31(2)52-37-16-14-36(15-17-37)50-29-34-10-8-33(9-11-34)28-46-22-24-47(25-23-46)43(48)21-13-32-12-19-40(41(26-32)49-3)53-42-20-18-38(27-45-42)51-30-35-6-4-5-7-39(35)44/h4-21,26-27,31H,22-25,28-30H2,1-3H3/b21-13+. The van der Waals surface area contributed by atoms with Gasteiger partial charge in [0, 0.05) is 55.5 Å². The number of methoxy groups -OCH3 is 1. The molecule has 5 aromatic rings. The molecule has 0 bridgehead atoms. The number of pyridine rings is 1.